The number of para-hydroxylation sites is 1. The second kappa shape index (κ2) is 12.9. The van der Waals surface area contributed by atoms with Crippen LogP contribution in [0.3, 0.4) is 0 Å². The summed E-state index contributed by atoms with van der Waals surface area (Å²) < 4.78 is 11.3. The number of amides is 2. The number of rotatable bonds is 10. The zero-order chi connectivity index (χ0) is 20.7. The minimum atomic E-state index is -0.309. The van der Waals surface area contributed by atoms with Gasteiger partial charge in [-0.2, -0.15) is 0 Å². The van der Waals surface area contributed by atoms with Crippen molar-refractivity contribution in [2.45, 2.75) is 26.2 Å². The molecule has 2 N–H and O–H groups in total. The van der Waals surface area contributed by atoms with E-state index >= 15 is 0 Å². The summed E-state index contributed by atoms with van der Waals surface area (Å²) in [6.07, 6.45) is 4.70. The third-order valence-electron chi connectivity index (χ3n) is 3.98. The van der Waals surface area contributed by atoms with Crippen molar-refractivity contribution in [2.75, 3.05) is 25.1 Å². The molecule has 0 bridgehead atoms. The molecule has 0 atom stereocenters. The van der Waals surface area contributed by atoms with Crippen LogP contribution in [0.1, 0.15) is 25.3 Å². The SMILES string of the molecule is C=CCc1ccccc1OCC#CCNC(=O)Nc1ccc(OCCCC)cc1. The van der Waals surface area contributed by atoms with Crippen LogP contribution in [0.2, 0.25) is 0 Å². The number of hydrogen-bond acceptors (Lipinski definition) is 3. The number of carbonyl (C=O) groups is 1. The van der Waals surface area contributed by atoms with E-state index in [4.69, 9.17) is 9.47 Å². The van der Waals surface area contributed by atoms with Crippen molar-refractivity contribution in [1.82, 2.24) is 5.32 Å². The molecule has 0 aliphatic rings. The Balaban J connectivity index is 1.68. The third-order valence-corrected chi connectivity index (χ3v) is 3.98. The maximum absolute atomic E-state index is 11.9. The van der Waals surface area contributed by atoms with Gasteiger partial charge >= 0.3 is 6.03 Å². The lowest BCUT2D eigenvalue weighted by atomic mass is 10.1. The summed E-state index contributed by atoms with van der Waals surface area (Å²) in [5.41, 5.74) is 1.77. The van der Waals surface area contributed by atoms with Crippen LogP contribution in [0, 0.1) is 11.8 Å². The Hall–Kier alpha value is -3.39. The number of benzene rings is 2. The number of ether oxygens (including phenoxy) is 2. The van der Waals surface area contributed by atoms with Gasteiger partial charge in [0.15, 0.2) is 0 Å². The summed E-state index contributed by atoms with van der Waals surface area (Å²) in [5, 5.41) is 5.45. The highest BCUT2D eigenvalue weighted by Gasteiger charge is 2.01. The first-order valence-electron chi connectivity index (χ1n) is 9.78. The molecular formula is C24H28N2O3. The summed E-state index contributed by atoms with van der Waals surface area (Å²) in [4.78, 5) is 11.9. The number of urea groups is 1. The summed E-state index contributed by atoms with van der Waals surface area (Å²) in [6.45, 7) is 7.07. The maximum atomic E-state index is 11.9. The average Bonchev–Trinajstić information content (AvgIpc) is 2.73. The van der Waals surface area contributed by atoms with Crippen molar-refractivity contribution >= 4 is 11.7 Å². The second-order valence-corrected chi connectivity index (χ2v) is 6.28. The Labute approximate surface area is 173 Å². The summed E-state index contributed by atoms with van der Waals surface area (Å²) in [6, 6.07) is 14.8. The van der Waals surface area contributed by atoms with E-state index in [2.05, 4.69) is 36.0 Å². The fraction of sp³-hybridized carbons (Fsp3) is 0.292. The number of hydrogen-bond donors (Lipinski definition) is 2. The molecule has 0 heterocycles. The maximum Gasteiger partial charge on any atom is 0.319 e. The molecule has 5 heteroatoms. The van der Waals surface area contributed by atoms with Gasteiger partial charge in [-0.25, -0.2) is 4.79 Å². The minimum absolute atomic E-state index is 0.238. The first kappa shape index (κ1) is 21.9. The lowest BCUT2D eigenvalue weighted by Gasteiger charge is -2.08. The molecule has 0 saturated heterocycles. The van der Waals surface area contributed by atoms with Gasteiger partial charge in [0.25, 0.3) is 0 Å². The van der Waals surface area contributed by atoms with E-state index in [0.29, 0.717) is 12.3 Å². The van der Waals surface area contributed by atoms with Crippen LogP contribution >= 0.6 is 0 Å². The van der Waals surface area contributed by atoms with Gasteiger partial charge in [-0.1, -0.05) is 49.5 Å². The number of unbranched alkanes of at least 4 members (excludes halogenated alkanes) is 1. The van der Waals surface area contributed by atoms with E-state index in [0.717, 1.165) is 36.3 Å². The van der Waals surface area contributed by atoms with Crippen LogP contribution in [-0.4, -0.2) is 25.8 Å². The van der Waals surface area contributed by atoms with Crippen molar-refractivity contribution in [1.29, 1.82) is 0 Å². The highest BCUT2D eigenvalue weighted by atomic mass is 16.5. The van der Waals surface area contributed by atoms with Crippen LogP contribution in [0.5, 0.6) is 11.5 Å². The molecule has 29 heavy (non-hydrogen) atoms. The number of anilines is 1. The molecule has 0 fully saturated rings. The standard InChI is InChI=1S/C24H28N2O3/c1-3-5-18-28-22-15-13-21(14-16-22)26-24(27)25-17-8-9-19-29-23-12-7-6-11-20(23)10-4-2/h4,6-7,11-16H,2-3,5,10,17-19H2,1H3,(H2,25,26,27). The zero-order valence-corrected chi connectivity index (χ0v) is 16.9. The van der Waals surface area contributed by atoms with E-state index < -0.39 is 0 Å². The Morgan fingerprint density at radius 1 is 1.10 bits per heavy atom. The van der Waals surface area contributed by atoms with Crippen molar-refractivity contribution in [3.05, 3.63) is 66.7 Å². The molecule has 152 valence electrons. The quantitative estimate of drug-likeness (QED) is 0.347. The molecule has 0 radical (unpaired) electrons. The predicted molar refractivity (Wildman–Crippen MR) is 117 cm³/mol. The average molecular weight is 392 g/mol. The third kappa shape index (κ3) is 8.44. The zero-order valence-electron chi connectivity index (χ0n) is 16.9. The predicted octanol–water partition coefficient (Wildman–Crippen LogP) is 4.80. The smallest absolute Gasteiger partial charge is 0.319 e. The molecule has 0 aliphatic carbocycles. The van der Waals surface area contributed by atoms with Crippen LogP contribution in [-0.2, 0) is 6.42 Å². The molecule has 0 unspecified atom stereocenters. The number of nitrogens with one attached hydrogen (secondary N) is 2. The lowest BCUT2D eigenvalue weighted by Crippen LogP contribution is -2.28. The van der Waals surface area contributed by atoms with Crippen molar-refractivity contribution in [3.8, 4) is 23.3 Å². The Morgan fingerprint density at radius 3 is 2.66 bits per heavy atom. The topological polar surface area (TPSA) is 59.6 Å². The highest BCUT2D eigenvalue weighted by Crippen LogP contribution is 2.18. The van der Waals surface area contributed by atoms with E-state index in [1.165, 1.54) is 0 Å². The van der Waals surface area contributed by atoms with Crippen LogP contribution < -0.4 is 20.1 Å². The highest BCUT2D eigenvalue weighted by molar-refractivity contribution is 5.89. The first-order chi connectivity index (χ1) is 14.2. The van der Waals surface area contributed by atoms with Crippen LogP contribution in [0.25, 0.3) is 0 Å². The Morgan fingerprint density at radius 2 is 1.90 bits per heavy atom. The van der Waals surface area contributed by atoms with Gasteiger partial charge in [0, 0.05) is 5.69 Å². The summed E-state index contributed by atoms with van der Waals surface area (Å²) in [5.74, 6) is 7.37. The molecular weight excluding hydrogens is 364 g/mol. The second-order valence-electron chi connectivity index (χ2n) is 6.28. The minimum Gasteiger partial charge on any atom is -0.494 e. The summed E-state index contributed by atoms with van der Waals surface area (Å²) in [7, 11) is 0. The molecule has 2 amide bonds. The fourth-order valence-corrected chi connectivity index (χ4v) is 2.46. The van der Waals surface area contributed by atoms with Crippen molar-refractivity contribution in [2.24, 2.45) is 0 Å². The van der Waals surface area contributed by atoms with Gasteiger partial charge in [-0.15, -0.1) is 6.58 Å². The number of allylic oxidation sites excluding steroid dienone is 1. The van der Waals surface area contributed by atoms with E-state index in [9.17, 15) is 4.79 Å². The van der Waals surface area contributed by atoms with Gasteiger partial charge < -0.3 is 20.1 Å². The summed E-state index contributed by atoms with van der Waals surface area (Å²) >= 11 is 0. The van der Waals surface area contributed by atoms with E-state index in [1.54, 1.807) is 12.1 Å². The molecule has 0 spiro atoms. The molecule has 2 rings (SSSR count). The Kier molecular flexibility index (Phi) is 9.74. The molecule has 0 saturated carbocycles. The monoisotopic (exact) mass is 392 g/mol. The van der Waals surface area contributed by atoms with E-state index in [1.807, 2.05) is 42.5 Å². The first-order valence-corrected chi connectivity index (χ1v) is 9.78. The molecule has 0 aromatic heterocycles. The molecule has 2 aromatic rings. The van der Waals surface area contributed by atoms with Gasteiger partial charge in [0.2, 0.25) is 0 Å². The van der Waals surface area contributed by atoms with Gasteiger partial charge in [0.1, 0.15) is 18.1 Å². The van der Waals surface area contributed by atoms with Gasteiger partial charge in [-0.05, 0) is 48.7 Å². The Bertz CT molecular complexity index is 835. The van der Waals surface area contributed by atoms with Crippen molar-refractivity contribution < 1.29 is 14.3 Å². The van der Waals surface area contributed by atoms with Crippen LogP contribution in [0.15, 0.2) is 61.2 Å². The molecule has 2 aromatic carbocycles. The fourth-order valence-electron chi connectivity index (χ4n) is 2.46. The van der Waals surface area contributed by atoms with Crippen LogP contribution in [0.4, 0.5) is 10.5 Å². The number of carbonyl (C=O) groups excluding carboxylic acids is 1. The molecule has 5 nitrogen and oxygen atoms in total. The normalized spacial score (nSPS) is 9.69. The van der Waals surface area contributed by atoms with Gasteiger partial charge in [0.05, 0.1) is 13.2 Å². The molecule has 0 aliphatic heterocycles. The van der Waals surface area contributed by atoms with Gasteiger partial charge in [-0.3, -0.25) is 0 Å². The lowest BCUT2D eigenvalue weighted by molar-refractivity contribution is 0.253. The van der Waals surface area contributed by atoms with Crippen molar-refractivity contribution in [3.63, 3.8) is 0 Å². The van der Waals surface area contributed by atoms with E-state index in [-0.39, 0.29) is 19.2 Å². The largest absolute Gasteiger partial charge is 0.494 e.